The third kappa shape index (κ3) is 4.04. The van der Waals surface area contributed by atoms with E-state index in [1.54, 1.807) is 0 Å². The molecule has 2 rings (SSSR count). The molecule has 1 heterocycles. The van der Waals surface area contributed by atoms with Crippen LogP contribution in [0.15, 0.2) is 40.0 Å². The Balaban J connectivity index is 2.85. The van der Waals surface area contributed by atoms with Crippen LogP contribution in [0.1, 0.15) is 0 Å². The summed E-state index contributed by atoms with van der Waals surface area (Å²) in [5.74, 6) is -3.67. The Morgan fingerprint density at radius 1 is 1.00 bits per heavy atom. The first-order valence-electron chi connectivity index (χ1n) is 7.17. The molecule has 2 amide bonds. The number of amidine groups is 1. The Hall–Kier alpha value is -2.16. The van der Waals surface area contributed by atoms with Gasteiger partial charge in [0.05, 0.1) is 10.6 Å². The van der Waals surface area contributed by atoms with E-state index in [2.05, 4.69) is 4.99 Å². The van der Waals surface area contributed by atoms with Gasteiger partial charge in [0.15, 0.2) is 5.17 Å². The van der Waals surface area contributed by atoms with Crippen LogP contribution in [0, 0.1) is 0 Å². The van der Waals surface area contributed by atoms with Gasteiger partial charge < -0.3 is 5.73 Å². The topological polar surface area (TPSA) is 58.7 Å². The Labute approximate surface area is 169 Å². The number of hydrogen-bond acceptors (Lipinski definition) is 3. The Morgan fingerprint density at radius 3 is 1.83 bits per heavy atom. The number of alkyl halides is 9. The number of allylic oxidation sites excluding steroid dienone is 1. The van der Waals surface area contributed by atoms with Crippen molar-refractivity contribution in [2.24, 2.45) is 10.7 Å². The maximum atomic E-state index is 13.8. The van der Waals surface area contributed by atoms with E-state index in [1.165, 1.54) is 0 Å². The Kier molecular flexibility index (Phi) is 6.04. The lowest BCUT2D eigenvalue weighted by atomic mass is 9.97. The maximum Gasteiger partial charge on any atom is 0.443 e. The fourth-order valence-corrected chi connectivity index (χ4v) is 3.69. The van der Waals surface area contributed by atoms with Crippen molar-refractivity contribution in [2.75, 3.05) is 4.90 Å². The molecule has 0 atom stereocenters. The van der Waals surface area contributed by atoms with Gasteiger partial charge in [0, 0.05) is 5.02 Å². The molecule has 30 heavy (non-hydrogen) atoms. The molecular weight excluding hydrogens is 484 g/mol. The number of amides is 2. The highest BCUT2D eigenvalue weighted by Crippen LogP contribution is 2.60. The standard InChI is InChI=1S/C14H6ClF10N3OS/c15-5-1-3-6(4-2-5)28(9(26)29)10-27-11(13(20,21)22,14(23,24)25)8(30-10)7(16)12(17,18)19/h1-4H,(H2,26,29)/b8-7+. The monoisotopic (exact) mass is 489 g/mol. The number of rotatable bonds is 1. The van der Waals surface area contributed by atoms with E-state index in [1.807, 2.05) is 0 Å². The Morgan fingerprint density at radius 2 is 1.47 bits per heavy atom. The van der Waals surface area contributed by atoms with Crippen molar-refractivity contribution in [1.29, 1.82) is 0 Å². The third-order valence-corrected chi connectivity index (χ3v) is 4.94. The number of carbonyl (C=O) groups is 1. The third-order valence-electron chi connectivity index (χ3n) is 3.55. The highest BCUT2D eigenvalue weighted by molar-refractivity contribution is 8.18. The van der Waals surface area contributed by atoms with Crippen LogP contribution in [0.2, 0.25) is 5.02 Å². The van der Waals surface area contributed by atoms with Crippen LogP contribution >= 0.6 is 23.4 Å². The highest BCUT2D eigenvalue weighted by atomic mass is 35.5. The van der Waals surface area contributed by atoms with E-state index in [4.69, 9.17) is 17.3 Å². The van der Waals surface area contributed by atoms with Crippen molar-refractivity contribution in [2.45, 2.75) is 24.1 Å². The lowest BCUT2D eigenvalue weighted by Gasteiger charge is -2.31. The minimum atomic E-state index is -6.55. The average Bonchev–Trinajstić information content (AvgIpc) is 2.96. The quantitative estimate of drug-likeness (QED) is 0.497. The Bertz CT molecular complexity index is 891. The molecule has 1 aromatic rings. The van der Waals surface area contributed by atoms with Crippen LogP contribution in [0.5, 0.6) is 0 Å². The predicted molar refractivity (Wildman–Crippen MR) is 87.6 cm³/mol. The number of urea groups is 1. The summed E-state index contributed by atoms with van der Waals surface area (Å²) in [4.78, 5) is 11.1. The van der Waals surface area contributed by atoms with Crippen LogP contribution in [0.25, 0.3) is 0 Å². The van der Waals surface area contributed by atoms with E-state index >= 15 is 0 Å². The molecule has 166 valence electrons. The maximum absolute atomic E-state index is 13.8. The van der Waals surface area contributed by atoms with Crippen molar-refractivity contribution >= 4 is 40.2 Å². The highest BCUT2D eigenvalue weighted by Gasteiger charge is 2.77. The smallest absolute Gasteiger partial charge is 0.351 e. The molecule has 0 fully saturated rings. The summed E-state index contributed by atoms with van der Waals surface area (Å²) in [6, 6.07) is 2.25. The zero-order chi connectivity index (χ0) is 23.3. The second-order valence-electron chi connectivity index (χ2n) is 5.49. The van der Waals surface area contributed by atoms with Gasteiger partial charge in [-0.25, -0.2) is 19.1 Å². The molecule has 0 radical (unpaired) electrons. The van der Waals surface area contributed by atoms with Crippen LogP contribution < -0.4 is 10.6 Å². The molecule has 2 N–H and O–H groups in total. The van der Waals surface area contributed by atoms with Gasteiger partial charge in [0.2, 0.25) is 5.83 Å². The molecule has 1 aromatic carbocycles. The summed E-state index contributed by atoms with van der Waals surface area (Å²) < 4.78 is 133. The van der Waals surface area contributed by atoms with E-state index in [0.717, 1.165) is 24.3 Å². The molecule has 0 saturated heterocycles. The lowest BCUT2D eigenvalue weighted by Crippen LogP contribution is -2.55. The van der Waals surface area contributed by atoms with Gasteiger partial charge in [-0.2, -0.15) is 39.5 Å². The SMILES string of the molecule is NC(=O)N(C1=NC(C(F)(F)F)(C(F)(F)F)/C(=C(\F)C(F)(F)F)S1)c1ccc(Cl)cc1. The predicted octanol–water partition coefficient (Wildman–Crippen LogP) is 5.93. The second kappa shape index (κ2) is 7.51. The number of anilines is 1. The largest absolute Gasteiger partial charge is 0.443 e. The second-order valence-corrected chi connectivity index (χ2v) is 6.91. The van der Waals surface area contributed by atoms with Gasteiger partial charge in [-0.05, 0) is 36.0 Å². The molecular formula is C14H6ClF10N3OS. The van der Waals surface area contributed by atoms with Gasteiger partial charge >= 0.3 is 24.6 Å². The first-order chi connectivity index (χ1) is 13.4. The molecule has 0 saturated carbocycles. The summed E-state index contributed by atoms with van der Waals surface area (Å²) in [5, 5.41) is -1.54. The molecule has 16 heteroatoms. The zero-order valence-corrected chi connectivity index (χ0v) is 15.3. The first-order valence-corrected chi connectivity index (χ1v) is 8.36. The molecule has 0 unspecified atom stereocenters. The number of thioether (sulfide) groups is 1. The van der Waals surface area contributed by atoms with Crippen LogP contribution in [-0.4, -0.2) is 35.3 Å². The number of carbonyl (C=O) groups excluding carboxylic acids is 1. The number of benzene rings is 1. The van der Waals surface area contributed by atoms with E-state index < -0.39 is 63.4 Å². The van der Waals surface area contributed by atoms with Gasteiger partial charge in [-0.3, -0.25) is 0 Å². The normalized spacial score (nSPS) is 18.8. The van der Waals surface area contributed by atoms with Crippen LogP contribution in [0.3, 0.4) is 0 Å². The van der Waals surface area contributed by atoms with E-state index in [-0.39, 0.29) is 9.92 Å². The summed E-state index contributed by atoms with van der Waals surface area (Å²) in [7, 11) is 0. The first kappa shape index (κ1) is 24.1. The van der Waals surface area contributed by atoms with E-state index in [9.17, 15) is 48.7 Å². The number of nitrogens with two attached hydrogens (primary N) is 1. The molecule has 0 aromatic heterocycles. The zero-order valence-electron chi connectivity index (χ0n) is 13.8. The van der Waals surface area contributed by atoms with Crippen molar-refractivity contribution < 1.29 is 48.7 Å². The summed E-state index contributed by atoms with van der Waals surface area (Å²) in [6.07, 6.45) is -19.3. The van der Waals surface area contributed by atoms with Crippen LogP contribution in [-0.2, 0) is 0 Å². The number of hydrogen-bond donors (Lipinski definition) is 1. The minimum Gasteiger partial charge on any atom is -0.351 e. The molecule has 0 aliphatic carbocycles. The number of nitrogens with zero attached hydrogens (tertiary/aromatic N) is 2. The van der Waals surface area contributed by atoms with Crippen molar-refractivity contribution in [3.8, 4) is 0 Å². The fourth-order valence-electron chi connectivity index (χ4n) is 2.28. The van der Waals surface area contributed by atoms with Crippen molar-refractivity contribution in [3.63, 3.8) is 0 Å². The summed E-state index contributed by atoms with van der Waals surface area (Å²) in [5.41, 5.74) is -1.13. The molecule has 0 bridgehead atoms. The molecule has 0 spiro atoms. The fraction of sp³-hybridized carbons (Fsp3) is 0.286. The summed E-state index contributed by atoms with van der Waals surface area (Å²) in [6.45, 7) is 0. The molecule has 4 nitrogen and oxygen atoms in total. The van der Waals surface area contributed by atoms with E-state index in [0.29, 0.717) is 0 Å². The summed E-state index contributed by atoms with van der Waals surface area (Å²) >= 11 is 4.61. The molecule has 1 aliphatic heterocycles. The number of primary amides is 1. The molecule has 1 aliphatic rings. The van der Waals surface area contributed by atoms with Crippen molar-refractivity contribution in [3.05, 3.63) is 40.0 Å². The lowest BCUT2D eigenvalue weighted by molar-refractivity contribution is -0.280. The number of halogens is 11. The van der Waals surface area contributed by atoms with Crippen LogP contribution in [0.4, 0.5) is 54.4 Å². The van der Waals surface area contributed by atoms with Gasteiger partial charge in [0.1, 0.15) is 0 Å². The van der Waals surface area contributed by atoms with Crippen molar-refractivity contribution in [1.82, 2.24) is 0 Å². The number of aliphatic imine (C=N–C) groups is 1. The van der Waals surface area contributed by atoms with Gasteiger partial charge in [0.25, 0.3) is 5.54 Å². The average molecular weight is 490 g/mol. The van der Waals surface area contributed by atoms with Gasteiger partial charge in [-0.15, -0.1) is 0 Å². The van der Waals surface area contributed by atoms with Gasteiger partial charge in [-0.1, -0.05) is 11.6 Å². The minimum absolute atomic E-state index is 0.0350.